The van der Waals surface area contributed by atoms with Gasteiger partial charge in [-0.15, -0.1) is 11.8 Å². The zero-order chi connectivity index (χ0) is 20.5. The molecule has 4 rings (SSSR count). The van der Waals surface area contributed by atoms with E-state index in [-0.39, 0.29) is 23.6 Å². The molecular formula is C22H22N4O2S. The summed E-state index contributed by atoms with van der Waals surface area (Å²) in [6.45, 7) is 1.93. The number of nitrogens with two attached hydrogens (primary N) is 1. The van der Waals surface area contributed by atoms with Crippen LogP contribution in [0.1, 0.15) is 44.7 Å². The Morgan fingerprint density at radius 1 is 1.14 bits per heavy atom. The van der Waals surface area contributed by atoms with Gasteiger partial charge in [-0.2, -0.15) is 5.10 Å². The van der Waals surface area contributed by atoms with Crippen molar-refractivity contribution in [2.45, 2.75) is 30.8 Å². The molecule has 6 nitrogen and oxygen atoms in total. The van der Waals surface area contributed by atoms with E-state index in [1.165, 1.54) is 11.8 Å². The standard InChI is InChI=1S/C22H22N4O2S/c1-13-8-9-15(21(28)24-16-10-11-16)12-17(13)26-20(23)18(22(25-26)29-2)19(27)14-6-4-3-5-7-14/h3-9,12,16H,10-11,23H2,1-2H3,(H,24,28). The summed E-state index contributed by atoms with van der Waals surface area (Å²) in [6.07, 6.45) is 3.91. The van der Waals surface area contributed by atoms with Crippen molar-refractivity contribution < 1.29 is 9.59 Å². The fraction of sp³-hybridized carbons (Fsp3) is 0.227. The van der Waals surface area contributed by atoms with Crippen LogP contribution in [0.4, 0.5) is 5.82 Å². The van der Waals surface area contributed by atoms with Crippen LogP contribution >= 0.6 is 11.8 Å². The van der Waals surface area contributed by atoms with Crippen LogP contribution in [0.2, 0.25) is 0 Å². The average Bonchev–Trinajstić information content (AvgIpc) is 3.49. The molecule has 148 valence electrons. The highest BCUT2D eigenvalue weighted by molar-refractivity contribution is 7.98. The van der Waals surface area contributed by atoms with Crippen LogP contribution in [0.5, 0.6) is 0 Å². The van der Waals surface area contributed by atoms with Crippen molar-refractivity contribution in [1.82, 2.24) is 15.1 Å². The van der Waals surface area contributed by atoms with Crippen molar-refractivity contribution in [3.05, 3.63) is 70.8 Å². The zero-order valence-electron chi connectivity index (χ0n) is 16.3. The third-order valence-corrected chi connectivity index (χ3v) is 5.63. The van der Waals surface area contributed by atoms with Crippen molar-refractivity contribution >= 4 is 29.3 Å². The van der Waals surface area contributed by atoms with Crippen molar-refractivity contribution in [2.24, 2.45) is 0 Å². The smallest absolute Gasteiger partial charge is 0.251 e. The highest BCUT2D eigenvalue weighted by Gasteiger charge is 2.26. The van der Waals surface area contributed by atoms with Gasteiger partial charge in [0.1, 0.15) is 10.8 Å². The van der Waals surface area contributed by atoms with Gasteiger partial charge in [0, 0.05) is 17.2 Å². The Bertz CT molecular complexity index is 1090. The fourth-order valence-corrected chi connectivity index (χ4v) is 3.72. The number of nitrogen functional groups attached to an aromatic ring is 1. The number of anilines is 1. The molecule has 1 amide bonds. The van der Waals surface area contributed by atoms with E-state index in [1.54, 1.807) is 28.9 Å². The van der Waals surface area contributed by atoms with Crippen LogP contribution in [0.3, 0.4) is 0 Å². The van der Waals surface area contributed by atoms with Gasteiger partial charge in [0.05, 0.1) is 11.3 Å². The van der Waals surface area contributed by atoms with Crippen LogP contribution in [0.15, 0.2) is 53.6 Å². The first-order valence-electron chi connectivity index (χ1n) is 9.43. The third-order valence-electron chi connectivity index (χ3n) is 4.96. The number of thioether (sulfide) groups is 1. The van der Waals surface area contributed by atoms with Gasteiger partial charge in [0.15, 0.2) is 5.78 Å². The topological polar surface area (TPSA) is 90.0 Å². The predicted molar refractivity (Wildman–Crippen MR) is 115 cm³/mol. The minimum atomic E-state index is -0.168. The number of carbonyl (C=O) groups excluding carboxylic acids is 2. The first-order chi connectivity index (χ1) is 14.0. The van der Waals surface area contributed by atoms with E-state index in [9.17, 15) is 9.59 Å². The number of amides is 1. The lowest BCUT2D eigenvalue weighted by Gasteiger charge is -2.11. The normalized spacial score (nSPS) is 13.3. The summed E-state index contributed by atoms with van der Waals surface area (Å²) < 4.78 is 1.56. The molecule has 29 heavy (non-hydrogen) atoms. The monoisotopic (exact) mass is 406 g/mol. The van der Waals surface area contributed by atoms with E-state index in [0.29, 0.717) is 27.4 Å². The Balaban J connectivity index is 1.77. The lowest BCUT2D eigenvalue weighted by molar-refractivity contribution is 0.0950. The van der Waals surface area contributed by atoms with E-state index in [0.717, 1.165) is 18.4 Å². The van der Waals surface area contributed by atoms with E-state index in [4.69, 9.17) is 5.73 Å². The molecule has 0 atom stereocenters. The molecule has 0 saturated heterocycles. The van der Waals surface area contributed by atoms with Crippen LogP contribution in [0.25, 0.3) is 5.69 Å². The predicted octanol–water partition coefficient (Wildman–Crippen LogP) is 3.61. The molecule has 3 N–H and O–H groups in total. The number of carbonyl (C=O) groups is 2. The maximum atomic E-state index is 13.1. The lowest BCUT2D eigenvalue weighted by atomic mass is 10.1. The molecule has 1 fully saturated rings. The molecule has 7 heteroatoms. The van der Waals surface area contributed by atoms with Crippen molar-refractivity contribution in [3.63, 3.8) is 0 Å². The van der Waals surface area contributed by atoms with Crippen molar-refractivity contribution in [1.29, 1.82) is 0 Å². The number of aromatic nitrogens is 2. The molecular weight excluding hydrogens is 384 g/mol. The highest BCUT2D eigenvalue weighted by Crippen LogP contribution is 2.31. The molecule has 0 spiro atoms. The van der Waals surface area contributed by atoms with Crippen molar-refractivity contribution in [2.75, 3.05) is 12.0 Å². The van der Waals surface area contributed by atoms with E-state index in [1.807, 2.05) is 37.4 Å². The Morgan fingerprint density at radius 3 is 2.52 bits per heavy atom. The Kier molecular flexibility index (Phi) is 5.15. The summed E-state index contributed by atoms with van der Waals surface area (Å²) in [6, 6.07) is 14.7. The molecule has 1 aromatic heterocycles. The molecule has 0 aliphatic heterocycles. The second-order valence-electron chi connectivity index (χ2n) is 7.13. The van der Waals surface area contributed by atoms with E-state index >= 15 is 0 Å². The molecule has 0 bridgehead atoms. The first kappa shape index (κ1) is 19.3. The lowest BCUT2D eigenvalue weighted by Crippen LogP contribution is -2.25. The summed E-state index contributed by atoms with van der Waals surface area (Å²) in [4.78, 5) is 25.5. The third kappa shape index (κ3) is 3.78. The fourth-order valence-electron chi connectivity index (χ4n) is 3.16. The van der Waals surface area contributed by atoms with E-state index in [2.05, 4.69) is 10.4 Å². The maximum absolute atomic E-state index is 13.1. The summed E-state index contributed by atoms with van der Waals surface area (Å²) in [5.74, 6) is -0.00445. The van der Waals surface area contributed by atoms with Gasteiger partial charge in [-0.3, -0.25) is 9.59 Å². The van der Waals surface area contributed by atoms with Gasteiger partial charge in [-0.1, -0.05) is 36.4 Å². The van der Waals surface area contributed by atoms with Gasteiger partial charge in [0.25, 0.3) is 5.91 Å². The number of benzene rings is 2. The SMILES string of the molecule is CSc1nn(-c2cc(C(=O)NC3CC3)ccc2C)c(N)c1C(=O)c1ccccc1. The molecule has 1 aliphatic carbocycles. The van der Waals surface area contributed by atoms with Gasteiger partial charge in [-0.05, 0) is 43.7 Å². The van der Waals surface area contributed by atoms with Crippen LogP contribution in [-0.4, -0.2) is 33.8 Å². The van der Waals surface area contributed by atoms with Gasteiger partial charge < -0.3 is 11.1 Å². The number of aryl methyl sites for hydroxylation is 1. The highest BCUT2D eigenvalue weighted by atomic mass is 32.2. The molecule has 1 aliphatic rings. The molecule has 0 radical (unpaired) electrons. The number of nitrogens with zero attached hydrogens (tertiary/aromatic N) is 2. The average molecular weight is 407 g/mol. The van der Waals surface area contributed by atoms with Gasteiger partial charge in [-0.25, -0.2) is 4.68 Å². The Labute approximate surface area is 173 Å². The minimum absolute atomic E-state index is 0.106. The maximum Gasteiger partial charge on any atom is 0.251 e. The Hall–Kier alpha value is -3.06. The van der Waals surface area contributed by atoms with E-state index < -0.39 is 0 Å². The zero-order valence-corrected chi connectivity index (χ0v) is 17.1. The second kappa shape index (κ2) is 7.75. The van der Waals surface area contributed by atoms with Gasteiger partial charge >= 0.3 is 0 Å². The number of hydrogen-bond acceptors (Lipinski definition) is 5. The van der Waals surface area contributed by atoms with Crippen LogP contribution < -0.4 is 11.1 Å². The first-order valence-corrected chi connectivity index (χ1v) is 10.7. The molecule has 1 heterocycles. The van der Waals surface area contributed by atoms with Crippen LogP contribution in [-0.2, 0) is 0 Å². The molecule has 2 aromatic carbocycles. The largest absolute Gasteiger partial charge is 0.383 e. The number of ketones is 1. The number of nitrogens with one attached hydrogen (secondary N) is 1. The Morgan fingerprint density at radius 2 is 1.86 bits per heavy atom. The summed E-state index contributed by atoms with van der Waals surface area (Å²) in [7, 11) is 0. The van der Waals surface area contributed by atoms with Crippen molar-refractivity contribution in [3.8, 4) is 5.69 Å². The number of rotatable bonds is 6. The molecule has 1 saturated carbocycles. The summed E-state index contributed by atoms with van der Waals surface area (Å²) in [5.41, 5.74) is 9.49. The molecule has 3 aromatic rings. The molecule has 0 unspecified atom stereocenters. The minimum Gasteiger partial charge on any atom is -0.383 e. The second-order valence-corrected chi connectivity index (χ2v) is 7.92. The number of hydrogen-bond donors (Lipinski definition) is 2. The summed E-state index contributed by atoms with van der Waals surface area (Å²) >= 11 is 1.37. The summed E-state index contributed by atoms with van der Waals surface area (Å²) in [5, 5.41) is 8.13. The van der Waals surface area contributed by atoms with Crippen LogP contribution in [0, 0.1) is 6.92 Å². The van der Waals surface area contributed by atoms with Gasteiger partial charge in [0.2, 0.25) is 0 Å². The quantitative estimate of drug-likeness (QED) is 0.482.